The van der Waals surface area contributed by atoms with Gasteiger partial charge >= 0.3 is 0 Å². The summed E-state index contributed by atoms with van der Waals surface area (Å²) in [5, 5.41) is 3.24. The number of hydrogen-bond acceptors (Lipinski definition) is 4. The molecule has 0 unspecified atom stereocenters. The normalized spacial score (nSPS) is 14.5. The Labute approximate surface area is 156 Å². The zero-order valence-electron chi connectivity index (χ0n) is 13.7. The van der Waals surface area contributed by atoms with E-state index in [2.05, 4.69) is 32.6 Å². The topological polar surface area (TPSA) is 53.4 Å². The standard InChI is InChI=1S/C19H14N4OS2/c24-18(16-9-15-17(26-16)21-19-23(15)7-8-25-19)22-6-5-14-12(10-22)11-3-1-2-4-13(11)20-14/h1-4,7-9,20H,5-6,10H2. The molecule has 1 aliphatic rings. The molecule has 6 rings (SSSR count). The van der Waals surface area contributed by atoms with Crippen LogP contribution in [0.1, 0.15) is 20.9 Å². The average molecular weight is 378 g/mol. The second-order valence-electron chi connectivity index (χ2n) is 6.57. The summed E-state index contributed by atoms with van der Waals surface area (Å²) >= 11 is 3.11. The molecule has 5 heterocycles. The highest BCUT2D eigenvalue weighted by molar-refractivity contribution is 7.21. The summed E-state index contributed by atoms with van der Waals surface area (Å²) in [5.74, 6) is 0.105. The van der Waals surface area contributed by atoms with Gasteiger partial charge in [0.2, 0.25) is 0 Å². The minimum Gasteiger partial charge on any atom is -0.358 e. The molecule has 0 spiro atoms. The van der Waals surface area contributed by atoms with Crippen LogP contribution in [0.4, 0.5) is 0 Å². The summed E-state index contributed by atoms with van der Waals surface area (Å²) in [4.78, 5) is 25.9. The van der Waals surface area contributed by atoms with Crippen LogP contribution >= 0.6 is 22.7 Å². The lowest BCUT2D eigenvalue weighted by Gasteiger charge is -2.26. The number of hydrogen-bond donors (Lipinski definition) is 1. The summed E-state index contributed by atoms with van der Waals surface area (Å²) < 4.78 is 2.06. The molecule has 1 amide bonds. The predicted octanol–water partition coefficient (Wildman–Crippen LogP) is 4.29. The molecule has 1 aliphatic heterocycles. The lowest BCUT2D eigenvalue weighted by atomic mass is 10.0. The second kappa shape index (κ2) is 5.18. The van der Waals surface area contributed by atoms with Crippen LogP contribution in [-0.2, 0) is 13.0 Å². The van der Waals surface area contributed by atoms with Crippen LogP contribution in [0.3, 0.4) is 0 Å². The summed E-state index contributed by atoms with van der Waals surface area (Å²) in [5.41, 5.74) is 4.70. The Kier molecular flexibility index (Phi) is 2.90. The molecule has 0 bridgehead atoms. The van der Waals surface area contributed by atoms with Gasteiger partial charge in [-0.3, -0.25) is 9.20 Å². The number of imidazole rings is 1. The van der Waals surface area contributed by atoms with Crippen LogP contribution < -0.4 is 0 Å². The Morgan fingerprint density at radius 1 is 1.27 bits per heavy atom. The predicted molar refractivity (Wildman–Crippen MR) is 105 cm³/mol. The zero-order valence-corrected chi connectivity index (χ0v) is 15.4. The Hall–Kier alpha value is -2.64. The van der Waals surface area contributed by atoms with Crippen LogP contribution in [-0.4, -0.2) is 31.7 Å². The van der Waals surface area contributed by atoms with Crippen molar-refractivity contribution in [3.63, 3.8) is 0 Å². The molecule has 0 aliphatic carbocycles. The molecule has 0 fully saturated rings. The van der Waals surface area contributed by atoms with Crippen LogP contribution in [0.2, 0.25) is 0 Å². The van der Waals surface area contributed by atoms with Crippen LogP contribution in [0.25, 0.3) is 26.2 Å². The minimum atomic E-state index is 0.105. The number of nitrogens with one attached hydrogen (secondary N) is 1. The van der Waals surface area contributed by atoms with Gasteiger partial charge in [0.15, 0.2) is 4.96 Å². The number of nitrogens with zero attached hydrogens (tertiary/aromatic N) is 3. The van der Waals surface area contributed by atoms with Gasteiger partial charge < -0.3 is 9.88 Å². The maximum absolute atomic E-state index is 13.1. The Morgan fingerprint density at radius 2 is 2.19 bits per heavy atom. The van der Waals surface area contributed by atoms with Crippen LogP contribution in [0.15, 0.2) is 41.9 Å². The zero-order chi connectivity index (χ0) is 17.3. The van der Waals surface area contributed by atoms with Crippen molar-refractivity contribution in [3.05, 3.63) is 58.0 Å². The van der Waals surface area contributed by atoms with E-state index in [0.29, 0.717) is 6.54 Å². The first-order chi connectivity index (χ1) is 12.8. The number of rotatable bonds is 1. The number of carbonyl (C=O) groups excluding carboxylic acids is 1. The maximum Gasteiger partial charge on any atom is 0.264 e. The maximum atomic E-state index is 13.1. The van der Waals surface area contributed by atoms with Crippen molar-refractivity contribution in [3.8, 4) is 0 Å². The number of H-pyrrole nitrogens is 1. The summed E-state index contributed by atoms with van der Waals surface area (Å²) in [7, 11) is 0. The Morgan fingerprint density at radius 3 is 3.15 bits per heavy atom. The van der Waals surface area contributed by atoms with Crippen molar-refractivity contribution >= 4 is 54.8 Å². The fourth-order valence-corrected chi connectivity index (χ4v) is 5.62. The number of benzene rings is 1. The first kappa shape index (κ1) is 14.5. The van der Waals surface area contributed by atoms with Gasteiger partial charge in [0.1, 0.15) is 4.83 Å². The molecular weight excluding hydrogens is 364 g/mol. The molecule has 0 saturated heterocycles. The summed E-state index contributed by atoms with van der Waals surface area (Å²) in [6.45, 7) is 1.41. The number of aromatic amines is 1. The van der Waals surface area contributed by atoms with E-state index < -0.39 is 0 Å². The van der Waals surface area contributed by atoms with Gasteiger partial charge in [-0.15, -0.1) is 22.7 Å². The third-order valence-electron chi connectivity index (χ3n) is 5.12. The molecule has 0 atom stereocenters. The van der Waals surface area contributed by atoms with Gasteiger partial charge in [-0.25, -0.2) is 4.98 Å². The quantitative estimate of drug-likeness (QED) is 0.473. The highest BCUT2D eigenvalue weighted by atomic mass is 32.1. The van der Waals surface area contributed by atoms with Crippen molar-refractivity contribution in [1.29, 1.82) is 0 Å². The van der Waals surface area contributed by atoms with Gasteiger partial charge in [-0.2, -0.15) is 0 Å². The van der Waals surface area contributed by atoms with E-state index in [0.717, 1.165) is 38.7 Å². The number of aromatic nitrogens is 3. The van der Waals surface area contributed by atoms with E-state index in [1.807, 2.05) is 28.6 Å². The molecular formula is C19H14N4OS2. The molecule has 5 aromatic rings. The van der Waals surface area contributed by atoms with E-state index in [1.165, 1.54) is 28.0 Å². The highest BCUT2D eigenvalue weighted by Crippen LogP contribution is 2.32. The number of carbonyl (C=O) groups is 1. The number of fused-ring (bicyclic) bond motifs is 6. The van der Waals surface area contributed by atoms with Crippen LogP contribution in [0.5, 0.6) is 0 Å². The monoisotopic (exact) mass is 378 g/mol. The summed E-state index contributed by atoms with van der Waals surface area (Å²) in [6, 6.07) is 10.3. The van der Waals surface area contributed by atoms with E-state index in [-0.39, 0.29) is 5.91 Å². The molecule has 0 radical (unpaired) electrons. The third-order valence-corrected chi connectivity index (χ3v) is 6.88. The van der Waals surface area contributed by atoms with Gasteiger partial charge in [0.05, 0.1) is 10.4 Å². The Bertz CT molecular complexity index is 1310. The van der Waals surface area contributed by atoms with Crippen molar-refractivity contribution in [2.45, 2.75) is 13.0 Å². The lowest BCUT2D eigenvalue weighted by molar-refractivity contribution is 0.0740. The largest absolute Gasteiger partial charge is 0.358 e. The minimum absolute atomic E-state index is 0.105. The van der Waals surface area contributed by atoms with Gasteiger partial charge in [-0.05, 0) is 12.1 Å². The van der Waals surface area contributed by atoms with Crippen molar-refractivity contribution in [2.75, 3.05) is 6.54 Å². The van der Waals surface area contributed by atoms with E-state index in [4.69, 9.17) is 0 Å². The number of thiazole rings is 1. The van der Waals surface area contributed by atoms with Gasteiger partial charge in [0, 0.05) is 53.2 Å². The Balaban J connectivity index is 1.37. The summed E-state index contributed by atoms with van der Waals surface area (Å²) in [6.07, 6.45) is 2.88. The van der Waals surface area contributed by atoms with E-state index in [1.54, 1.807) is 11.3 Å². The first-order valence-corrected chi connectivity index (χ1v) is 10.2. The number of amides is 1. The van der Waals surface area contributed by atoms with E-state index in [9.17, 15) is 4.79 Å². The number of thiophene rings is 1. The van der Waals surface area contributed by atoms with E-state index >= 15 is 0 Å². The van der Waals surface area contributed by atoms with Crippen molar-refractivity contribution in [2.24, 2.45) is 0 Å². The lowest BCUT2D eigenvalue weighted by Crippen LogP contribution is -2.35. The smallest absolute Gasteiger partial charge is 0.264 e. The fourth-order valence-electron chi connectivity index (χ4n) is 3.85. The molecule has 0 saturated carbocycles. The fraction of sp³-hybridized carbons (Fsp3) is 0.158. The third kappa shape index (κ3) is 1.95. The molecule has 1 aromatic carbocycles. The molecule has 7 heteroatoms. The van der Waals surface area contributed by atoms with Crippen LogP contribution in [0, 0.1) is 0 Å². The molecule has 5 nitrogen and oxygen atoms in total. The molecule has 1 N–H and O–H groups in total. The van der Waals surface area contributed by atoms with Crippen molar-refractivity contribution in [1.82, 2.24) is 19.3 Å². The first-order valence-electron chi connectivity index (χ1n) is 8.51. The molecule has 4 aromatic heterocycles. The van der Waals surface area contributed by atoms with Gasteiger partial charge in [0.25, 0.3) is 5.91 Å². The van der Waals surface area contributed by atoms with Gasteiger partial charge in [-0.1, -0.05) is 18.2 Å². The second-order valence-corrected chi connectivity index (χ2v) is 8.48. The average Bonchev–Trinajstić information content (AvgIpc) is 3.40. The SMILES string of the molecule is O=C(c1cc2c(nc3sccn32)s1)N1CCc2[nH]c3ccccc3c2C1. The number of para-hydroxylation sites is 1. The van der Waals surface area contributed by atoms with Crippen molar-refractivity contribution < 1.29 is 4.79 Å². The highest BCUT2D eigenvalue weighted by Gasteiger charge is 2.26. The molecule has 26 heavy (non-hydrogen) atoms. The molecule has 128 valence electrons.